The molecule has 33 heavy (non-hydrogen) atoms. The van der Waals surface area contributed by atoms with Gasteiger partial charge < -0.3 is 20.7 Å². The first-order valence-corrected chi connectivity index (χ1v) is 13.6. The summed E-state index contributed by atoms with van der Waals surface area (Å²) in [6, 6.07) is 8.13. The number of benzene rings is 1. The van der Waals surface area contributed by atoms with Crippen molar-refractivity contribution in [2.45, 2.75) is 57.5 Å². The van der Waals surface area contributed by atoms with Gasteiger partial charge in [-0.05, 0) is 37.4 Å². The molecule has 10 heteroatoms. The molecule has 0 radical (unpaired) electrons. The Balaban J connectivity index is 2.61. The van der Waals surface area contributed by atoms with Crippen molar-refractivity contribution in [3.05, 3.63) is 35.9 Å². The van der Waals surface area contributed by atoms with Gasteiger partial charge in [0, 0.05) is 10.8 Å². The van der Waals surface area contributed by atoms with Crippen LogP contribution in [0.25, 0.3) is 0 Å². The minimum atomic E-state index is -0.793. The summed E-state index contributed by atoms with van der Waals surface area (Å²) in [6.07, 6.45) is 4.05. The van der Waals surface area contributed by atoms with Gasteiger partial charge in [0.25, 0.3) is 0 Å². The number of amides is 3. The zero-order valence-electron chi connectivity index (χ0n) is 19.1. The first-order valence-electron chi connectivity index (χ1n) is 11.2. The van der Waals surface area contributed by atoms with Gasteiger partial charge in [-0.15, -0.1) is 9.24 Å². The van der Waals surface area contributed by atoms with E-state index in [9.17, 15) is 19.2 Å². The number of aryl methyl sites for hydroxylation is 1. The molecule has 0 aromatic heterocycles. The average molecular weight is 591 g/mol. The van der Waals surface area contributed by atoms with Crippen molar-refractivity contribution in [1.82, 2.24) is 16.0 Å². The molecule has 0 aliphatic rings. The topological polar surface area (TPSA) is 114 Å². The molecule has 3 N–H and O–H groups in total. The number of alkyl halides is 1. The third kappa shape index (κ3) is 12.9. The third-order valence-corrected chi connectivity index (χ3v) is 6.01. The molecule has 3 amide bonds. The van der Waals surface area contributed by atoms with Gasteiger partial charge in [-0.3, -0.25) is 14.4 Å². The van der Waals surface area contributed by atoms with Gasteiger partial charge in [0.2, 0.25) is 17.7 Å². The molecular weight excluding hydrogens is 556 g/mol. The SMILES string of the molecule is CCCCOC(=O)[C@H](CP)NC(=O)CNC(=O)[C@H](CCc1ccccc1)NC(=O)CCCI. The van der Waals surface area contributed by atoms with E-state index in [0.29, 0.717) is 32.0 Å². The number of rotatable bonds is 16. The van der Waals surface area contributed by atoms with Crippen LogP contribution in [0.3, 0.4) is 0 Å². The largest absolute Gasteiger partial charge is 0.464 e. The summed E-state index contributed by atoms with van der Waals surface area (Å²) in [6.45, 7) is 2.00. The van der Waals surface area contributed by atoms with Crippen LogP contribution >= 0.6 is 31.8 Å². The smallest absolute Gasteiger partial charge is 0.328 e. The number of hydrogen-bond donors (Lipinski definition) is 3. The van der Waals surface area contributed by atoms with Crippen LogP contribution in [0.5, 0.6) is 0 Å². The standard InChI is InChI=1S/C23H35IN3O5P/c1-2-3-14-32-23(31)19(16-33)27-21(29)15-25-22(30)18(26-20(28)10-7-13-24)12-11-17-8-5-4-6-9-17/h4-6,8-9,18-19H,2-3,7,10-16,33H2,1H3,(H,25,30)(H,26,28)(H,27,29)/t18-,19-/m0/s1. The first kappa shape index (κ1) is 29.3. The lowest BCUT2D eigenvalue weighted by Gasteiger charge is -2.19. The summed E-state index contributed by atoms with van der Waals surface area (Å²) in [5, 5.41) is 7.93. The van der Waals surface area contributed by atoms with Crippen LogP contribution < -0.4 is 16.0 Å². The van der Waals surface area contributed by atoms with Crippen LogP contribution in [-0.2, 0) is 30.3 Å². The third-order valence-electron chi connectivity index (χ3n) is 4.77. The van der Waals surface area contributed by atoms with E-state index in [2.05, 4.69) is 47.8 Å². The van der Waals surface area contributed by atoms with E-state index in [-0.39, 0.29) is 12.5 Å². The summed E-state index contributed by atoms with van der Waals surface area (Å²) >= 11 is 2.20. The lowest BCUT2D eigenvalue weighted by molar-refractivity contribution is -0.147. The summed E-state index contributed by atoms with van der Waals surface area (Å²) in [5.74, 6) is -1.62. The monoisotopic (exact) mass is 591 g/mol. The Morgan fingerprint density at radius 1 is 1.03 bits per heavy atom. The fourth-order valence-electron chi connectivity index (χ4n) is 2.89. The van der Waals surface area contributed by atoms with E-state index in [1.165, 1.54) is 0 Å². The van der Waals surface area contributed by atoms with Gasteiger partial charge >= 0.3 is 5.97 Å². The van der Waals surface area contributed by atoms with E-state index in [0.717, 1.165) is 29.3 Å². The zero-order valence-corrected chi connectivity index (χ0v) is 22.4. The Morgan fingerprint density at radius 2 is 1.73 bits per heavy atom. The fourth-order valence-corrected chi connectivity index (χ4v) is 3.58. The summed E-state index contributed by atoms with van der Waals surface area (Å²) in [4.78, 5) is 49.3. The quantitative estimate of drug-likeness (QED) is 0.0897. The molecule has 0 saturated heterocycles. The van der Waals surface area contributed by atoms with Gasteiger partial charge in [0.05, 0.1) is 13.2 Å². The number of ether oxygens (including phenoxy) is 1. The molecule has 0 spiro atoms. The molecule has 0 saturated carbocycles. The maximum absolute atomic E-state index is 12.7. The van der Waals surface area contributed by atoms with Crippen molar-refractivity contribution in [3.63, 3.8) is 0 Å². The van der Waals surface area contributed by atoms with Crippen LogP contribution in [-0.4, -0.2) is 59.5 Å². The average Bonchev–Trinajstić information content (AvgIpc) is 2.82. The molecule has 0 aliphatic carbocycles. The number of carbonyl (C=O) groups excluding carboxylic acids is 4. The zero-order chi connectivity index (χ0) is 24.5. The molecule has 0 bridgehead atoms. The molecule has 184 valence electrons. The fraction of sp³-hybridized carbons (Fsp3) is 0.565. The minimum absolute atomic E-state index is 0.192. The van der Waals surface area contributed by atoms with Crippen LogP contribution in [0.4, 0.5) is 0 Å². The molecule has 0 heterocycles. The van der Waals surface area contributed by atoms with Crippen molar-refractivity contribution in [2.75, 3.05) is 23.7 Å². The highest BCUT2D eigenvalue weighted by Crippen LogP contribution is 2.06. The molecule has 3 atom stereocenters. The predicted octanol–water partition coefficient (Wildman–Crippen LogP) is 2.14. The number of nitrogens with one attached hydrogen (secondary N) is 3. The van der Waals surface area contributed by atoms with Crippen molar-refractivity contribution < 1.29 is 23.9 Å². The molecule has 1 unspecified atom stereocenters. The Bertz CT molecular complexity index is 751. The second-order valence-corrected chi connectivity index (χ2v) is 9.08. The van der Waals surface area contributed by atoms with Crippen LogP contribution in [0.2, 0.25) is 0 Å². The van der Waals surface area contributed by atoms with Gasteiger partial charge in [0.15, 0.2) is 0 Å². The Kier molecular flexibility index (Phi) is 15.7. The van der Waals surface area contributed by atoms with Crippen LogP contribution in [0.1, 0.15) is 44.6 Å². The second kappa shape index (κ2) is 17.7. The van der Waals surface area contributed by atoms with Crippen molar-refractivity contribution >= 4 is 55.5 Å². The van der Waals surface area contributed by atoms with E-state index < -0.39 is 29.9 Å². The normalized spacial score (nSPS) is 12.3. The highest BCUT2D eigenvalue weighted by Gasteiger charge is 2.23. The molecule has 8 nitrogen and oxygen atoms in total. The number of carbonyl (C=O) groups is 4. The molecule has 1 aromatic carbocycles. The van der Waals surface area contributed by atoms with Crippen LogP contribution in [0.15, 0.2) is 30.3 Å². The van der Waals surface area contributed by atoms with E-state index in [1.54, 1.807) is 0 Å². The van der Waals surface area contributed by atoms with Crippen molar-refractivity contribution in [1.29, 1.82) is 0 Å². The minimum Gasteiger partial charge on any atom is -0.464 e. The highest BCUT2D eigenvalue weighted by molar-refractivity contribution is 14.1. The summed E-state index contributed by atoms with van der Waals surface area (Å²) in [7, 11) is 2.41. The lowest BCUT2D eigenvalue weighted by Crippen LogP contribution is -2.51. The number of esters is 1. The molecule has 0 aliphatic heterocycles. The molecule has 0 fully saturated rings. The van der Waals surface area contributed by atoms with E-state index >= 15 is 0 Å². The van der Waals surface area contributed by atoms with E-state index in [4.69, 9.17) is 4.74 Å². The molecular formula is C23H35IN3O5P. The summed E-state index contributed by atoms with van der Waals surface area (Å²) in [5.41, 5.74) is 1.06. The van der Waals surface area contributed by atoms with E-state index in [1.807, 2.05) is 37.3 Å². The van der Waals surface area contributed by atoms with Crippen molar-refractivity contribution in [3.8, 4) is 0 Å². The molecule has 1 aromatic rings. The number of halogens is 1. The number of hydrogen-bond acceptors (Lipinski definition) is 5. The number of unbranched alkanes of at least 4 members (excludes halogenated alkanes) is 1. The van der Waals surface area contributed by atoms with Gasteiger partial charge in [-0.2, -0.15) is 0 Å². The first-order chi connectivity index (χ1) is 15.9. The second-order valence-electron chi connectivity index (χ2n) is 7.53. The van der Waals surface area contributed by atoms with Crippen LogP contribution in [0, 0.1) is 0 Å². The Labute approximate surface area is 212 Å². The Hall–Kier alpha value is -1.74. The Morgan fingerprint density at radius 3 is 2.36 bits per heavy atom. The van der Waals surface area contributed by atoms with Gasteiger partial charge in [0.1, 0.15) is 12.1 Å². The maximum Gasteiger partial charge on any atom is 0.328 e. The van der Waals surface area contributed by atoms with Gasteiger partial charge in [-0.1, -0.05) is 66.3 Å². The molecule has 1 rings (SSSR count). The van der Waals surface area contributed by atoms with Gasteiger partial charge in [-0.25, -0.2) is 4.79 Å². The maximum atomic E-state index is 12.7. The lowest BCUT2D eigenvalue weighted by atomic mass is 10.0. The predicted molar refractivity (Wildman–Crippen MR) is 140 cm³/mol. The summed E-state index contributed by atoms with van der Waals surface area (Å²) < 4.78 is 6.00. The van der Waals surface area contributed by atoms with Crippen molar-refractivity contribution in [2.24, 2.45) is 0 Å². The highest BCUT2D eigenvalue weighted by atomic mass is 127.